The molecule has 130 valence electrons. The molecular weight excluding hydrogens is 391 g/mol. The molecule has 0 saturated carbocycles. The Morgan fingerprint density at radius 1 is 1.27 bits per heavy atom. The maximum Gasteiger partial charge on any atom is 0.227 e. The van der Waals surface area contributed by atoms with E-state index in [-0.39, 0.29) is 29.9 Å². The van der Waals surface area contributed by atoms with Gasteiger partial charge < -0.3 is 15.5 Å². The van der Waals surface area contributed by atoms with Crippen LogP contribution < -0.4 is 10.6 Å². The molecule has 0 aliphatic carbocycles. The molecule has 0 saturated heterocycles. The summed E-state index contributed by atoms with van der Waals surface area (Å²) in [5.74, 6) is 0.887. The zero-order valence-corrected chi connectivity index (χ0v) is 17.1. The number of nitrogens with zero attached hydrogens (tertiary/aromatic N) is 2. The molecule has 0 aliphatic rings. The largest absolute Gasteiger partial charge is 0.357 e. The highest BCUT2D eigenvalue weighted by atomic mass is 127. The van der Waals surface area contributed by atoms with Crippen LogP contribution in [0.2, 0.25) is 0 Å². The van der Waals surface area contributed by atoms with Crippen molar-refractivity contribution in [3.63, 3.8) is 0 Å². The number of aliphatic imine (C=N–C) groups is 1. The minimum atomic E-state index is -0.501. The van der Waals surface area contributed by atoms with E-state index in [2.05, 4.69) is 27.1 Å². The van der Waals surface area contributed by atoms with E-state index in [0.29, 0.717) is 13.1 Å². The average Bonchev–Trinajstić information content (AvgIpc) is 2.43. The fourth-order valence-electron chi connectivity index (χ4n) is 1.79. The number of unbranched alkanes of at least 4 members (excludes halogenated alkanes) is 1. The van der Waals surface area contributed by atoms with Crippen LogP contribution in [0.1, 0.15) is 40.5 Å². The molecule has 22 heavy (non-hydrogen) atoms. The second-order valence-electron chi connectivity index (χ2n) is 5.77. The second-order valence-corrected chi connectivity index (χ2v) is 5.77. The van der Waals surface area contributed by atoms with Crippen LogP contribution in [0.3, 0.4) is 0 Å². The first kappa shape index (κ1) is 23.5. The standard InChI is InChI=1S/C16H32N4O.HI/c1-7-10-11-12-20(6)15(18-9-3)19-13-16(4,5)14(21)17-8-2;/h7H,1,8-13H2,2-6H3,(H,17,21)(H,18,19);1H. The number of nitrogens with one attached hydrogen (secondary N) is 2. The van der Waals surface area contributed by atoms with Crippen LogP contribution in [0, 0.1) is 5.41 Å². The van der Waals surface area contributed by atoms with Crippen LogP contribution in [0.15, 0.2) is 17.6 Å². The van der Waals surface area contributed by atoms with E-state index in [4.69, 9.17) is 0 Å². The predicted octanol–water partition coefficient (Wildman–Crippen LogP) is 2.63. The molecule has 0 bridgehead atoms. The Balaban J connectivity index is 0. The van der Waals surface area contributed by atoms with Crippen molar-refractivity contribution in [2.24, 2.45) is 10.4 Å². The fourth-order valence-corrected chi connectivity index (χ4v) is 1.79. The van der Waals surface area contributed by atoms with E-state index in [1.54, 1.807) is 0 Å². The molecule has 0 rings (SSSR count). The summed E-state index contributed by atoms with van der Waals surface area (Å²) in [6.45, 7) is 14.4. The van der Waals surface area contributed by atoms with Crippen molar-refractivity contribution in [1.29, 1.82) is 0 Å². The van der Waals surface area contributed by atoms with Gasteiger partial charge in [-0.2, -0.15) is 0 Å². The van der Waals surface area contributed by atoms with E-state index < -0.39 is 5.41 Å². The van der Waals surface area contributed by atoms with Crippen LogP contribution in [-0.2, 0) is 4.79 Å². The first-order chi connectivity index (χ1) is 9.88. The Kier molecular flexibility index (Phi) is 13.6. The van der Waals surface area contributed by atoms with Gasteiger partial charge in [-0.15, -0.1) is 30.6 Å². The zero-order valence-electron chi connectivity index (χ0n) is 14.7. The van der Waals surface area contributed by atoms with E-state index in [1.807, 2.05) is 40.8 Å². The lowest BCUT2D eigenvalue weighted by atomic mass is 9.92. The number of halogens is 1. The topological polar surface area (TPSA) is 56.7 Å². The number of allylic oxidation sites excluding steroid dienone is 1. The third kappa shape index (κ3) is 9.27. The molecular formula is C16H33IN4O. The van der Waals surface area contributed by atoms with Gasteiger partial charge in [0.05, 0.1) is 12.0 Å². The van der Waals surface area contributed by atoms with Gasteiger partial charge in [-0.1, -0.05) is 6.08 Å². The summed E-state index contributed by atoms with van der Waals surface area (Å²) >= 11 is 0. The molecule has 0 spiro atoms. The lowest BCUT2D eigenvalue weighted by molar-refractivity contribution is -0.128. The third-order valence-corrected chi connectivity index (χ3v) is 3.17. The van der Waals surface area contributed by atoms with Gasteiger partial charge in [-0.3, -0.25) is 9.79 Å². The van der Waals surface area contributed by atoms with Crippen molar-refractivity contribution in [1.82, 2.24) is 15.5 Å². The number of rotatable bonds is 9. The summed E-state index contributed by atoms with van der Waals surface area (Å²) < 4.78 is 0. The summed E-state index contributed by atoms with van der Waals surface area (Å²) in [6, 6.07) is 0. The molecule has 0 atom stereocenters. The van der Waals surface area contributed by atoms with Crippen molar-refractivity contribution in [2.45, 2.75) is 40.5 Å². The summed E-state index contributed by atoms with van der Waals surface area (Å²) in [6.07, 6.45) is 3.97. The summed E-state index contributed by atoms with van der Waals surface area (Å²) in [5, 5.41) is 6.13. The highest BCUT2D eigenvalue weighted by molar-refractivity contribution is 14.0. The number of guanidine groups is 1. The van der Waals surface area contributed by atoms with Crippen molar-refractivity contribution >= 4 is 35.8 Å². The van der Waals surface area contributed by atoms with Gasteiger partial charge >= 0.3 is 0 Å². The van der Waals surface area contributed by atoms with Crippen LogP contribution in [-0.4, -0.2) is 50.0 Å². The van der Waals surface area contributed by atoms with E-state index >= 15 is 0 Å². The van der Waals surface area contributed by atoms with Gasteiger partial charge in [0.2, 0.25) is 5.91 Å². The first-order valence-electron chi connectivity index (χ1n) is 7.77. The molecule has 0 unspecified atom stereocenters. The summed E-state index contributed by atoms with van der Waals surface area (Å²) in [5.41, 5.74) is -0.501. The molecule has 0 heterocycles. The molecule has 0 aromatic heterocycles. The average molecular weight is 424 g/mol. The minimum absolute atomic E-state index is 0. The minimum Gasteiger partial charge on any atom is -0.357 e. The Hall–Kier alpha value is -0.790. The Morgan fingerprint density at radius 3 is 2.36 bits per heavy atom. The summed E-state index contributed by atoms with van der Waals surface area (Å²) in [7, 11) is 2.02. The Bertz CT molecular complexity index is 356. The maximum absolute atomic E-state index is 12.0. The van der Waals surface area contributed by atoms with Crippen LogP contribution >= 0.6 is 24.0 Å². The lowest BCUT2D eigenvalue weighted by Crippen LogP contribution is -2.42. The Morgan fingerprint density at radius 2 is 1.86 bits per heavy atom. The number of carbonyl (C=O) groups excluding carboxylic acids is 1. The molecule has 0 radical (unpaired) electrons. The Labute approximate surface area is 153 Å². The number of carbonyl (C=O) groups is 1. The lowest BCUT2D eigenvalue weighted by Gasteiger charge is -2.25. The quantitative estimate of drug-likeness (QED) is 0.197. The van der Waals surface area contributed by atoms with Crippen molar-refractivity contribution in [3.8, 4) is 0 Å². The highest BCUT2D eigenvalue weighted by Crippen LogP contribution is 2.15. The van der Waals surface area contributed by atoms with Crippen molar-refractivity contribution in [3.05, 3.63) is 12.7 Å². The van der Waals surface area contributed by atoms with Gasteiger partial charge in [-0.05, 0) is 40.5 Å². The van der Waals surface area contributed by atoms with Crippen LogP contribution in [0.25, 0.3) is 0 Å². The van der Waals surface area contributed by atoms with Crippen LogP contribution in [0.5, 0.6) is 0 Å². The molecule has 2 N–H and O–H groups in total. The number of hydrogen-bond donors (Lipinski definition) is 2. The van der Waals surface area contributed by atoms with E-state index in [9.17, 15) is 4.79 Å². The SMILES string of the molecule is C=CCCCN(C)C(=NCC(C)(C)C(=O)NCC)NCC.I. The van der Waals surface area contributed by atoms with Gasteiger partial charge in [0, 0.05) is 26.7 Å². The van der Waals surface area contributed by atoms with Gasteiger partial charge in [0.1, 0.15) is 0 Å². The summed E-state index contributed by atoms with van der Waals surface area (Å²) in [4.78, 5) is 18.7. The van der Waals surface area contributed by atoms with Gasteiger partial charge in [0.25, 0.3) is 0 Å². The molecule has 5 nitrogen and oxygen atoms in total. The third-order valence-electron chi connectivity index (χ3n) is 3.17. The van der Waals surface area contributed by atoms with Crippen molar-refractivity contribution < 1.29 is 4.79 Å². The number of hydrogen-bond acceptors (Lipinski definition) is 2. The van der Waals surface area contributed by atoms with Gasteiger partial charge in [0.15, 0.2) is 5.96 Å². The fraction of sp³-hybridized carbons (Fsp3) is 0.750. The molecule has 0 aromatic carbocycles. The maximum atomic E-state index is 12.0. The zero-order chi connectivity index (χ0) is 16.3. The van der Waals surface area contributed by atoms with E-state index in [0.717, 1.165) is 31.9 Å². The molecule has 0 aromatic rings. The van der Waals surface area contributed by atoms with E-state index in [1.165, 1.54) is 0 Å². The molecule has 1 amide bonds. The normalized spacial score (nSPS) is 11.4. The predicted molar refractivity (Wildman–Crippen MR) is 106 cm³/mol. The van der Waals surface area contributed by atoms with Crippen molar-refractivity contribution in [2.75, 3.05) is 33.2 Å². The number of amides is 1. The smallest absolute Gasteiger partial charge is 0.227 e. The monoisotopic (exact) mass is 424 g/mol. The second kappa shape index (κ2) is 12.7. The highest BCUT2D eigenvalue weighted by Gasteiger charge is 2.27. The first-order valence-corrected chi connectivity index (χ1v) is 7.77. The van der Waals surface area contributed by atoms with Crippen LogP contribution in [0.4, 0.5) is 0 Å². The molecule has 0 aliphatic heterocycles. The molecule has 6 heteroatoms. The van der Waals surface area contributed by atoms with Gasteiger partial charge in [-0.25, -0.2) is 0 Å². The molecule has 0 fully saturated rings.